The molecule has 3 aromatic carbocycles. The number of rotatable bonds is 6. The van der Waals surface area contributed by atoms with Crippen LogP contribution >= 0.6 is 27.5 Å². The Bertz CT molecular complexity index is 1610. The summed E-state index contributed by atoms with van der Waals surface area (Å²) in [5, 5.41) is 22.4. The number of phenols is 1. The Kier molecular flexibility index (Phi) is 6.47. The maximum Gasteiger partial charge on any atom is 0.294 e. The molecule has 2 N–H and O–H groups in total. The highest BCUT2D eigenvalue weighted by molar-refractivity contribution is 9.10. The lowest BCUT2D eigenvalue weighted by molar-refractivity contribution is -0.117. The Labute approximate surface area is 225 Å². The molecule has 9 heteroatoms. The van der Waals surface area contributed by atoms with Gasteiger partial charge < -0.3 is 19.4 Å². The summed E-state index contributed by atoms with van der Waals surface area (Å²) < 4.78 is 12.2. The standard InChI is InChI=1S/C28H21BrClNO6/c1-3-36-22-12-15(7-9-20(22)32)25-24(26(33)23-13-16-11-17(29)8-10-21(16)37-23)27(34)28(35)31(25)19-6-4-5-18(30)14(19)2/h4-13,25,32,34H,3H2,1-2H3. The highest BCUT2D eigenvalue weighted by atomic mass is 79.9. The summed E-state index contributed by atoms with van der Waals surface area (Å²) in [6.45, 7) is 3.81. The van der Waals surface area contributed by atoms with Crippen LogP contribution in [0.3, 0.4) is 0 Å². The van der Waals surface area contributed by atoms with E-state index in [2.05, 4.69) is 15.9 Å². The minimum atomic E-state index is -1.04. The van der Waals surface area contributed by atoms with Crippen molar-refractivity contribution in [2.75, 3.05) is 11.5 Å². The first-order valence-corrected chi connectivity index (χ1v) is 12.6. The minimum Gasteiger partial charge on any atom is -0.504 e. The van der Waals surface area contributed by atoms with Crippen LogP contribution in [0.15, 0.2) is 80.9 Å². The number of ether oxygens (including phenoxy) is 1. The maximum absolute atomic E-state index is 13.8. The van der Waals surface area contributed by atoms with Gasteiger partial charge in [0.1, 0.15) is 5.58 Å². The number of nitrogens with zero attached hydrogens (tertiary/aromatic N) is 1. The molecule has 1 unspecified atom stereocenters. The lowest BCUT2D eigenvalue weighted by Gasteiger charge is -2.28. The molecule has 0 fully saturated rings. The number of aromatic hydroxyl groups is 1. The van der Waals surface area contributed by atoms with Gasteiger partial charge in [0, 0.05) is 20.6 Å². The second kappa shape index (κ2) is 9.61. The molecule has 2 heterocycles. The smallest absolute Gasteiger partial charge is 0.294 e. The van der Waals surface area contributed by atoms with E-state index in [-0.39, 0.29) is 22.8 Å². The third-order valence-corrected chi connectivity index (χ3v) is 7.16. The zero-order valence-electron chi connectivity index (χ0n) is 19.8. The number of fused-ring (bicyclic) bond motifs is 1. The molecule has 4 aromatic rings. The molecule has 0 saturated carbocycles. The normalized spacial score (nSPS) is 15.6. The molecule has 0 radical (unpaired) electrons. The van der Waals surface area contributed by atoms with E-state index in [1.807, 2.05) is 0 Å². The van der Waals surface area contributed by atoms with Gasteiger partial charge in [0.15, 0.2) is 23.0 Å². The monoisotopic (exact) mass is 581 g/mol. The number of hydrogen-bond acceptors (Lipinski definition) is 6. The van der Waals surface area contributed by atoms with Crippen molar-refractivity contribution in [3.8, 4) is 11.5 Å². The first kappa shape index (κ1) is 24.9. The predicted octanol–water partition coefficient (Wildman–Crippen LogP) is 7.04. The summed E-state index contributed by atoms with van der Waals surface area (Å²) >= 11 is 9.76. The molecule has 1 aliphatic heterocycles. The topological polar surface area (TPSA) is 100 Å². The number of aliphatic hydroxyl groups excluding tert-OH is 1. The Morgan fingerprint density at radius 1 is 1.14 bits per heavy atom. The summed E-state index contributed by atoms with van der Waals surface area (Å²) in [7, 11) is 0. The van der Waals surface area contributed by atoms with Crippen LogP contribution in [0.5, 0.6) is 11.5 Å². The molecule has 1 atom stereocenters. The van der Waals surface area contributed by atoms with Crippen molar-refractivity contribution in [2.24, 2.45) is 0 Å². The van der Waals surface area contributed by atoms with Gasteiger partial charge in [-0.2, -0.15) is 0 Å². The van der Waals surface area contributed by atoms with E-state index < -0.39 is 23.5 Å². The van der Waals surface area contributed by atoms with Crippen molar-refractivity contribution in [1.29, 1.82) is 0 Å². The van der Waals surface area contributed by atoms with Crippen LogP contribution in [0.4, 0.5) is 5.69 Å². The number of carbonyl (C=O) groups is 2. The molecule has 0 spiro atoms. The second-order valence-electron chi connectivity index (χ2n) is 8.51. The Hall–Kier alpha value is -3.75. The van der Waals surface area contributed by atoms with Crippen molar-refractivity contribution in [1.82, 2.24) is 0 Å². The summed E-state index contributed by atoms with van der Waals surface area (Å²) in [6, 6.07) is 15.4. The quantitative estimate of drug-likeness (QED) is 0.237. The lowest BCUT2D eigenvalue weighted by Crippen LogP contribution is -2.31. The zero-order valence-corrected chi connectivity index (χ0v) is 22.1. The third-order valence-electron chi connectivity index (χ3n) is 6.25. The minimum absolute atomic E-state index is 0.0269. The summed E-state index contributed by atoms with van der Waals surface area (Å²) in [6.07, 6.45) is 0. The van der Waals surface area contributed by atoms with Gasteiger partial charge in [-0.15, -0.1) is 0 Å². The Morgan fingerprint density at radius 2 is 1.92 bits per heavy atom. The molecule has 0 saturated heterocycles. The highest BCUT2D eigenvalue weighted by Gasteiger charge is 2.46. The first-order chi connectivity index (χ1) is 17.7. The van der Waals surface area contributed by atoms with Crippen molar-refractivity contribution in [2.45, 2.75) is 19.9 Å². The first-order valence-electron chi connectivity index (χ1n) is 11.4. The van der Waals surface area contributed by atoms with Crippen LogP contribution in [-0.2, 0) is 4.79 Å². The average molecular weight is 583 g/mol. The third kappa shape index (κ3) is 4.26. The number of ketones is 1. The van der Waals surface area contributed by atoms with E-state index in [0.29, 0.717) is 39.4 Å². The number of halogens is 2. The van der Waals surface area contributed by atoms with Crippen LogP contribution in [0, 0.1) is 6.92 Å². The van der Waals surface area contributed by atoms with E-state index in [9.17, 15) is 19.8 Å². The predicted molar refractivity (Wildman–Crippen MR) is 144 cm³/mol. The molecular formula is C28H21BrClNO6. The molecule has 5 rings (SSSR count). The van der Waals surface area contributed by atoms with Crippen molar-refractivity contribution in [3.05, 3.63) is 98.4 Å². The number of furan rings is 1. The van der Waals surface area contributed by atoms with Gasteiger partial charge in [0.05, 0.1) is 18.2 Å². The number of benzene rings is 3. The highest BCUT2D eigenvalue weighted by Crippen LogP contribution is 2.45. The number of Topliss-reactive ketones (excluding diaryl/α,β-unsaturated/α-hetero) is 1. The summed E-state index contributed by atoms with van der Waals surface area (Å²) in [5.74, 6) is -2.03. The van der Waals surface area contributed by atoms with Crippen molar-refractivity contribution < 1.29 is 29.0 Å². The molecule has 37 heavy (non-hydrogen) atoms. The summed E-state index contributed by atoms with van der Waals surface area (Å²) in [5.41, 5.74) is 1.80. The van der Waals surface area contributed by atoms with Crippen molar-refractivity contribution in [3.63, 3.8) is 0 Å². The largest absolute Gasteiger partial charge is 0.504 e. The SMILES string of the molecule is CCOc1cc(C2C(C(=O)c3cc4cc(Br)ccc4o3)=C(O)C(=O)N2c2cccc(Cl)c2C)ccc1O. The number of hydrogen-bond donors (Lipinski definition) is 2. The van der Waals surface area contributed by atoms with Gasteiger partial charge in [-0.05, 0) is 73.5 Å². The fourth-order valence-electron chi connectivity index (χ4n) is 4.49. The fraction of sp³-hybridized carbons (Fsp3) is 0.143. The van der Waals surface area contributed by atoms with Crippen LogP contribution in [-0.4, -0.2) is 28.5 Å². The molecule has 0 bridgehead atoms. The molecule has 0 aliphatic carbocycles. The van der Waals surface area contributed by atoms with Crippen LogP contribution < -0.4 is 9.64 Å². The van der Waals surface area contributed by atoms with Gasteiger partial charge in [0.2, 0.25) is 5.78 Å². The van der Waals surface area contributed by atoms with Gasteiger partial charge in [-0.25, -0.2) is 0 Å². The van der Waals surface area contributed by atoms with Crippen LogP contribution in [0.25, 0.3) is 11.0 Å². The molecule has 188 valence electrons. The number of anilines is 1. The zero-order chi connectivity index (χ0) is 26.4. The van der Waals surface area contributed by atoms with E-state index in [1.165, 1.54) is 11.0 Å². The van der Waals surface area contributed by atoms with E-state index in [4.69, 9.17) is 20.8 Å². The molecular weight excluding hydrogens is 562 g/mol. The van der Waals surface area contributed by atoms with E-state index in [0.717, 1.165) is 4.47 Å². The fourth-order valence-corrected chi connectivity index (χ4v) is 5.04. The van der Waals surface area contributed by atoms with Gasteiger partial charge in [-0.3, -0.25) is 14.5 Å². The molecule has 1 amide bonds. The maximum atomic E-state index is 13.8. The van der Waals surface area contributed by atoms with Gasteiger partial charge in [-0.1, -0.05) is 39.7 Å². The van der Waals surface area contributed by atoms with E-state index >= 15 is 0 Å². The number of phenolic OH excluding ortho intramolecular Hbond substituents is 1. The Balaban J connectivity index is 1.70. The average Bonchev–Trinajstić information content (AvgIpc) is 3.40. The molecule has 1 aromatic heterocycles. The van der Waals surface area contributed by atoms with Gasteiger partial charge in [0.25, 0.3) is 5.91 Å². The summed E-state index contributed by atoms with van der Waals surface area (Å²) in [4.78, 5) is 28.7. The molecule has 1 aliphatic rings. The van der Waals surface area contributed by atoms with Gasteiger partial charge >= 0.3 is 0 Å². The van der Waals surface area contributed by atoms with E-state index in [1.54, 1.807) is 68.4 Å². The number of aliphatic hydroxyl groups is 1. The van der Waals surface area contributed by atoms with Crippen molar-refractivity contribution >= 4 is 55.9 Å². The lowest BCUT2D eigenvalue weighted by atomic mass is 9.94. The molecule has 7 nitrogen and oxygen atoms in total. The number of amides is 1. The van der Waals surface area contributed by atoms with Crippen LogP contribution in [0.2, 0.25) is 5.02 Å². The van der Waals surface area contributed by atoms with Crippen LogP contribution in [0.1, 0.15) is 34.6 Å². The second-order valence-corrected chi connectivity index (χ2v) is 9.83. The number of carbonyl (C=O) groups excluding carboxylic acids is 2. The Morgan fingerprint density at radius 3 is 2.68 bits per heavy atom.